The first kappa shape index (κ1) is 18.0. The maximum Gasteiger partial charge on any atom is 0.244 e. The van der Waals surface area contributed by atoms with Gasteiger partial charge in [-0.05, 0) is 48.4 Å². The molecule has 1 atom stereocenters. The van der Waals surface area contributed by atoms with Gasteiger partial charge in [-0.2, -0.15) is 0 Å². The molecule has 0 radical (unpaired) electrons. The second-order valence-electron chi connectivity index (χ2n) is 6.42. The number of carbonyl (C=O) groups excluding carboxylic acids is 1. The average molecular weight is 383 g/mol. The summed E-state index contributed by atoms with van der Waals surface area (Å²) in [5.41, 5.74) is 1.72. The number of carbonyl (C=O) groups is 1. The highest BCUT2D eigenvalue weighted by Gasteiger charge is 2.18. The smallest absolute Gasteiger partial charge is 0.244 e. The topological polar surface area (TPSA) is 75.3 Å². The molecule has 7 heteroatoms. The van der Waals surface area contributed by atoms with Crippen LogP contribution in [0.15, 0.2) is 36.4 Å². The van der Waals surface area contributed by atoms with Crippen LogP contribution in [0.4, 0.5) is 0 Å². The fourth-order valence-corrected chi connectivity index (χ4v) is 3.09. The minimum absolute atomic E-state index is 0.179. The lowest BCUT2D eigenvalue weighted by Crippen LogP contribution is -2.24. The zero-order valence-electron chi connectivity index (χ0n) is 15.7. The van der Waals surface area contributed by atoms with E-state index in [2.05, 4.69) is 5.32 Å². The molecule has 0 aromatic heterocycles. The Labute approximate surface area is 162 Å². The maximum atomic E-state index is 12.3. The van der Waals surface area contributed by atoms with E-state index in [-0.39, 0.29) is 18.7 Å². The molecule has 4 rings (SSSR count). The lowest BCUT2D eigenvalue weighted by molar-refractivity contribution is -0.117. The van der Waals surface area contributed by atoms with E-state index in [1.54, 1.807) is 19.3 Å². The van der Waals surface area contributed by atoms with Crippen molar-refractivity contribution in [2.75, 3.05) is 27.1 Å². The SMILES string of the molecule is COc1cc(/C=C/C(=O)NC(C)c2ccc3c(c2)OCO3)cc2c1OCCO2. The summed E-state index contributed by atoms with van der Waals surface area (Å²) in [5.74, 6) is 2.98. The van der Waals surface area contributed by atoms with Crippen molar-refractivity contribution in [3.63, 3.8) is 0 Å². The molecule has 1 amide bonds. The van der Waals surface area contributed by atoms with Crippen molar-refractivity contribution in [2.45, 2.75) is 13.0 Å². The van der Waals surface area contributed by atoms with E-state index in [4.69, 9.17) is 23.7 Å². The summed E-state index contributed by atoms with van der Waals surface area (Å²) in [7, 11) is 1.57. The molecular formula is C21H21NO6. The molecule has 0 bridgehead atoms. The van der Waals surface area contributed by atoms with Gasteiger partial charge in [-0.15, -0.1) is 0 Å². The molecule has 0 fully saturated rings. The minimum Gasteiger partial charge on any atom is -0.493 e. The van der Waals surface area contributed by atoms with Gasteiger partial charge in [0.25, 0.3) is 0 Å². The van der Waals surface area contributed by atoms with E-state index in [1.807, 2.05) is 31.2 Å². The Morgan fingerprint density at radius 1 is 1.07 bits per heavy atom. The van der Waals surface area contributed by atoms with Gasteiger partial charge in [-0.3, -0.25) is 4.79 Å². The van der Waals surface area contributed by atoms with Crippen LogP contribution in [0.25, 0.3) is 6.08 Å². The van der Waals surface area contributed by atoms with Crippen molar-refractivity contribution in [3.05, 3.63) is 47.5 Å². The molecule has 1 unspecified atom stereocenters. The number of benzene rings is 2. The molecule has 0 spiro atoms. The Morgan fingerprint density at radius 3 is 2.75 bits per heavy atom. The van der Waals surface area contributed by atoms with E-state index in [9.17, 15) is 4.79 Å². The average Bonchev–Trinajstić information content (AvgIpc) is 3.19. The highest BCUT2D eigenvalue weighted by Crippen LogP contribution is 2.40. The first-order valence-corrected chi connectivity index (χ1v) is 9.00. The number of rotatable bonds is 5. The third kappa shape index (κ3) is 3.69. The largest absolute Gasteiger partial charge is 0.493 e. The van der Waals surface area contributed by atoms with Gasteiger partial charge in [0, 0.05) is 6.08 Å². The molecule has 2 aliphatic heterocycles. The van der Waals surface area contributed by atoms with Crippen molar-refractivity contribution < 1.29 is 28.5 Å². The zero-order valence-corrected chi connectivity index (χ0v) is 15.7. The Balaban J connectivity index is 1.44. The molecule has 0 saturated carbocycles. The van der Waals surface area contributed by atoms with Crippen LogP contribution in [0.5, 0.6) is 28.7 Å². The third-order valence-corrected chi connectivity index (χ3v) is 4.53. The number of amides is 1. The fraction of sp³-hybridized carbons (Fsp3) is 0.286. The van der Waals surface area contributed by atoms with Crippen molar-refractivity contribution >= 4 is 12.0 Å². The highest BCUT2D eigenvalue weighted by molar-refractivity contribution is 5.92. The minimum atomic E-state index is -0.209. The van der Waals surface area contributed by atoms with E-state index in [0.717, 1.165) is 16.9 Å². The summed E-state index contributed by atoms with van der Waals surface area (Å²) in [6.45, 7) is 3.10. The summed E-state index contributed by atoms with van der Waals surface area (Å²) in [6.07, 6.45) is 3.19. The predicted octanol–water partition coefficient (Wildman–Crippen LogP) is 3.09. The van der Waals surface area contributed by atoms with E-state index < -0.39 is 0 Å². The summed E-state index contributed by atoms with van der Waals surface area (Å²) < 4.78 is 27.2. The standard InChI is InChI=1S/C21H21NO6/c1-13(15-4-5-16-17(11-15)28-12-27-16)22-20(23)6-3-14-9-18(24-2)21-19(10-14)25-7-8-26-21/h3-6,9-11,13H,7-8,12H2,1-2H3,(H,22,23)/b6-3+. The first-order chi connectivity index (χ1) is 13.6. The van der Waals surface area contributed by atoms with Gasteiger partial charge in [0.15, 0.2) is 23.0 Å². The monoisotopic (exact) mass is 383 g/mol. The van der Waals surface area contributed by atoms with Crippen LogP contribution in [-0.4, -0.2) is 33.0 Å². The molecule has 2 aromatic rings. The molecule has 2 aromatic carbocycles. The summed E-state index contributed by atoms with van der Waals surface area (Å²) in [5, 5.41) is 2.94. The maximum absolute atomic E-state index is 12.3. The second kappa shape index (κ2) is 7.72. The third-order valence-electron chi connectivity index (χ3n) is 4.53. The molecular weight excluding hydrogens is 362 g/mol. The van der Waals surface area contributed by atoms with E-state index >= 15 is 0 Å². The fourth-order valence-electron chi connectivity index (χ4n) is 3.09. The first-order valence-electron chi connectivity index (χ1n) is 9.00. The van der Waals surface area contributed by atoms with Crippen LogP contribution in [0.3, 0.4) is 0 Å². The number of ether oxygens (including phenoxy) is 5. The molecule has 7 nitrogen and oxygen atoms in total. The van der Waals surface area contributed by atoms with Gasteiger partial charge in [0.2, 0.25) is 18.4 Å². The number of fused-ring (bicyclic) bond motifs is 2. The van der Waals surface area contributed by atoms with Crippen LogP contribution >= 0.6 is 0 Å². The van der Waals surface area contributed by atoms with Gasteiger partial charge in [0.05, 0.1) is 13.2 Å². The lowest BCUT2D eigenvalue weighted by atomic mass is 10.1. The second-order valence-corrected chi connectivity index (χ2v) is 6.42. The van der Waals surface area contributed by atoms with Gasteiger partial charge in [-0.25, -0.2) is 0 Å². The van der Waals surface area contributed by atoms with Crippen molar-refractivity contribution in [3.8, 4) is 28.7 Å². The van der Waals surface area contributed by atoms with Crippen LogP contribution in [-0.2, 0) is 4.79 Å². The van der Waals surface area contributed by atoms with Crippen molar-refractivity contribution in [2.24, 2.45) is 0 Å². The van der Waals surface area contributed by atoms with Crippen molar-refractivity contribution in [1.29, 1.82) is 0 Å². The molecule has 2 aliphatic rings. The zero-order chi connectivity index (χ0) is 19.5. The van der Waals surface area contributed by atoms with Crippen LogP contribution < -0.4 is 29.0 Å². The summed E-state index contributed by atoms with van der Waals surface area (Å²) in [4.78, 5) is 12.3. The van der Waals surface area contributed by atoms with Gasteiger partial charge >= 0.3 is 0 Å². The Hall–Kier alpha value is -3.35. The predicted molar refractivity (Wildman–Crippen MR) is 102 cm³/mol. The summed E-state index contributed by atoms with van der Waals surface area (Å²) >= 11 is 0. The molecule has 146 valence electrons. The summed E-state index contributed by atoms with van der Waals surface area (Å²) in [6, 6.07) is 9.08. The van der Waals surface area contributed by atoms with Gasteiger partial charge < -0.3 is 29.0 Å². The molecule has 28 heavy (non-hydrogen) atoms. The Kier molecular flexibility index (Phi) is 4.97. The van der Waals surface area contributed by atoms with Gasteiger partial charge in [-0.1, -0.05) is 6.07 Å². The highest BCUT2D eigenvalue weighted by atomic mass is 16.7. The lowest BCUT2D eigenvalue weighted by Gasteiger charge is -2.21. The van der Waals surface area contributed by atoms with Gasteiger partial charge in [0.1, 0.15) is 13.2 Å². The molecule has 2 heterocycles. The van der Waals surface area contributed by atoms with Crippen LogP contribution in [0.1, 0.15) is 24.1 Å². The molecule has 1 N–H and O–H groups in total. The van der Waals surface area contributed by atoms with Crippen LogP contribution in [0.2, 0.25) is 0 Å². The number of hydrogen-bond acceptors (Lipinski definition) is 6. The van der Waals surface area contributed by atoms with Crippen LogP contribution in [0, 0.1) is 0 Å². The van der Waals surface area contributed by atoms with E-state index in [1.165, 1.54) is 6.08 Å². The quantitative estimate of drug-likeness (QED) is 0.800. The van der Waals surface area contributed by atoms with Crippen molar-refractivity contribution in [1.82, 2.24) is 5.32 Å². The molecule has 0 saturated heterocycles. The number of hydrogen-bond donors (Lipinski definition) is 1. The number of nitrogens with one attached hydrogen (secondary N) is 1. The number of methoxy groups -OCH3 is 1. The molecule has 0 aliphatic carbocycles. The van der Waals surface area contributed by atoms with E-state index in [0.29, 0.717) is 36.2 Å². The Morgan fingerprint density at radius 2 is 1.89 bits per heavy atom. The Bertz CT molecular complexity index is 906. The normalized spacial score (nSPS) is 15.4.